The highest BCUT2D eigenvalue weighted by atomic mass is 35.5. The lowest BCUT2D eigenvalue weighted by Crippen LogP contribution is -2.27. The Morgan fingerprint density at radius 2 is 2.17 bits per heavy atom. The van der Waals surface area contributed by atoms with E-state index in [1.807, 2.05) is 24.3 Å². The Morgan fingerprint density at radius 1 is 1.50 bits per heavy atom. The molecule has 66 valence electrons. The van der Waals surface area contributed by atoms with Crippen LogP contribution < -0.4 is 11.3 Å². The van der Waals surface area contributed by atoms with Crippen LogP contribution in [-0.4, -0.2) is 0 Å². The van der Waals surface area contributed by atoms with Gasteiger partial charge in [-0.25, -0.2) is 0 Å². The number of nitrogens with two attached hydrogens (primary N) is 1. The molecule has 1 atom stereocenters. The third kappa shape index (κ3) is 1.97. The first-order valence-electron chi connectivity index (χ1n) is 4.00. The van der Waals surface area contributed by atoms with Gasteiger partial charge in [0.25, 0.3) is 0 Å². The quantitative estimate of drug-likeness (QED) is 0.559. The molecule has 3 N–H and O–H groups in total. The van der Waals surface area contributed by atoms with Crippen molar-refractivity contribution in [3.8, 4) is 0 Å². The molecule has 3 heteroatoms. The van der Waals surface area contributed by atoms with Gasteiger partial charge in [-0.15, -0.1) is 0 Å². The zero-order valence-electron chi connectivity index (χ0n) is 7.05. The van der Waals surface area contributed by atoms with Crippen LogP contribution in [-0.2, 0) is 0 Å². The maximum absolute atomic E-state index is 5.98. The molecule has 12 heavy (non-hydrogen) atoms. The Hall–Kier alpha value is -0.570. The maximum Gasteiger partial charge on any atom is 0.0472 e. The van der Waals surface area contributed by atoms with Gasteiger partial charge >= 0.3 is 0 Å². The van der Waals surface area contributed by atoms with Crippen LogP contribution in [0.25, 0.3) is 0 Å². The Labute approximate surface area is 77.7 Å². The van der Waals surface area contributed by atoms with E-state index in [9.17, 15) is 0 Å². The lowest BCUT2D eigenvalue weighted by molar-refractivity contribution is 0.539. The van der Waals surface area contributed by atoms with Crippen molar-refractivity contribution in [3.05, 3.63) is 34.9 Å². The standard InChI is InChI=1S/C9H13ClN2/c1-2-9(12-11)7-5-3-4-6-8(7)10/h3-6,9,12H,2,11H2,1H3. The second-order valence-corrected chi connectivity index (χ2v) is 3.06. The van der Waals surface area contributed by atoms with Crippen molar-refractivity contribution in [2.24, 2.45) is 5.84 Å². The molecule has 0 radical (unpaired) electrons. The first kappa shape index (κ1) is 9.52. The summed E-state index contributed by atoms with van der Waals surface area (Å²) in [5, 5.41) is 0.766. The van der Waals surface area contributed by atoms with E-state index >= 15 is 0 Å². The van der Waals surface area contributed by atoms with Crippen molar-refractivity contribution in [2.45, 2.75) is 19.4 Å². The fourth-order valence-corrected chi connectivity index (χ4v) is 1.45. The molecule has 0 aliphatic heterocycles. The monoisotopic (exact) mass is 184 g/mol. The van der Waals surface area contributed by atoms with Gasteiger partial charge in [-0.2, -0.15) is 0 Å². The molecular weight excluding hydrogens is 172 g/mol. The molecule has 1 unspecified atom stereocenters. The van der Waals surface area contributed by atoms with Gasteiger partial charge in [-0.05, 0) is 18.1 Å². The third-order valence-corrected chi connectivity index (χ3v) is 2.23. The first-order valence-corrected chi connectivity index (χ1v) is 4.38. The summed E-state index contributed by atoms with van der Waals surface area (Å²) in [7, 11) is 0. The molecule has 0 heterocycles. The van der Waals surface area contributed by atoms with Crippen molar-refractivity contribution in [3.63, 3.8) is 0 Å². The number of benzene rings is 1. The number of hydrazine groups is 1. The molecule has 0 aliphatic carbocycles. The molecule has 0 aromatic heterocycles. The smallest absolute Gasteiger partial charge is 0.0472 e. The number of rotatable bonds is 3. The summed E-state index contributed by atoms with van der Waals surface area (Å²) >= 11 is 5.98. The molecule has 0 saturated heterocycles. The predicted octanol–water partition coefficient (Wildman–Crippen LogP) is 2.25. The third-order valence-electron chi connectivity index (χ3n) is 1.89. The summed E-state index contributed by atoms with van der Waals surface area (Å²) < 4.78 is 0. The number of hydrogen-bond acceptors (Lipinski definition) is 2. The van der Waals surface area contributed by atoms with Gasteiger partial charge < -0.3 is 0 Å². The second-order valence-electron chi connectivity index (χ2n) is 2.65. The molecular formula is C9H13ClN2. The first-order chi connectivity index (χ1) is 5.79. The fraction of sp³-hybridized carbons (Fsp3) is 0.333. The lowest BCUT2D eigenvalue weighted by Gasteiger charge is -2.14. The average Bonchev–Trinajstić information content (AvgIpc) is 2.10. The van der Waals surface area contributed by atoms with E-state index in [-0.39, 0.29) is 6.04 Å². The SMILES string of the molecule is CCC(NN)c1ccccc1Cl. The molecule has 0 aliphatic rings. The molecule has 1 aromatic carbocycles. The van der Waals surface area contributed by atoms with E-state index in [1.54, 1.807) is 0 Å². The van der Waals surface area contributed by atoms with Crippen molar-refractivity contribution >= 4 is 11.6 Å². The van der Waals surface area contributed by atoms with Crippen LogP contribution in [0.15, 0.2) is 24.3 Å². The van der Waals surface area contributed by atoms with Crippen LogP contribution in [0, 0.1) is 0 Å². The second kappa shape index (κ2) is 4.45. The highest BCUT2D eigenvalue weighted by Crippen LogP contribution is 2.23. The van der Waals surface area contributed by atoms with Gasteiger partial charge in [-0.3, -0.25) is 11.3 Å². The highest BCUT2D eigenvalue weighted by molar-refractivity contribution is 6.31. The zero-order chi connectivity index (χ0) is 8.97. The molecule has 1 rings (SSSR count). The molecule has 0 fully saturated rings. The van der Waals surface area contributed by atoms with Gasteiger partial charge in [-0.1, -0.05) is 36.7 Å². The van der Waals surface area contributed by atoms with Gasteiger partial charge in [0.1, 0.15) is 0 Å². The molecule has 0 saturated carbocycles. The lowest BCUT2D eigenvalue weighted by atomic mass is 10.1. The summed E-state index contributed by atoms with van der Waals surface area (Å²) in [5.74, 6) is 5.38. The molecule has 0 spiro atoms. The van der Waals surface area contributed by atoms with E-state index in [0.717, 1.165) is 17.0 Å². The summed E-state index contributed by atoms with van der Waals surface area (Å²) in [5.41, 5.74) is 3.78. The van der Waals surface area contributed by atoms with E-state index in [2.05, 4.69) is 12.3 Å². The Kier molecular flexibility index (Phi) is 3.53. The molecule has 0 bridgehead atoms. The normalized spacial score (nSPS) is 12.9. The fourth-order valence-electron chi connectivity index (χ4n) is 1.19. The number of hydrogen-bond donors (Lipinski definition) is 2. The van der Waals surface area contributed by atoms with Crippen LogP contribution in [0.4, 0.5) is 0 Å². The van der Waals surface area contributed by atoms with Crippen molar-refractivity contribution in [1.82, 2.24) is 5.43 Å². The van der Waals surface area contributed by atoms with Crippen molar-refractivity contribution in [2.75, 3.05) is 0 Å². The molecule has 2 nitrogen and oxygen atoms in total. The van der Waals surface area contributed by atoms with Crippen molar-refractivity contribution in [1.29, 1.82) is 0 Å². The molecule has 1 aromatic rings. The van der Waals surface area contributed by atoms with Crippen LogP contribution in [0.2, 0.25) is 5.02 Å². The van der Waals surface area contributed by atoms with Crippen LogP contribution in [0.5, 0.6) is 0 Å². The minimum absolute atomic E-state index is 0.152. The number of halogens is 1. The van der Waals surface area contributed by atoms with Gasteiger partial charge in [0.05, 0.1) is 0 Å². The minimum Gasteiger partial charge on any atom is -0.271 e. The van der Waals surface area contributed by atoms with Crippen LogP contribution in [0.3, 0.4) is 0 Å². The van der Waals surface area contributed by atoms with Gasteiger partial charge in [0.2, 0.25) is 0 Å². The van der Waals surface area contributed by atoms with Gasteiger partial charge in [0.15, 0.2) is 0 Å². The summed E-state index contributed by atoms with van der Waals surface area (Å²) in [4.78, 5) is 0. The summed E-state index contributed by atoms with van der Waals surface area (Å²) in [6.07, 6.45) is 0.931. The highest BCUT2D eigenvalue weighted by Gasteiger charge is 2.09. The Morgan fingerprint density at radius 3 is 2.67 bits per heavy atom. The van der Waals surface area contributed by atoms with E-state index < -0.39 is 0 Å². The summed E-state index contributed by atoms with van der Waals surface area (Å²) in [6, 6.07) is 7.88. The van der Waals surface area contributed by atoms with E-state index in [0.29, 0.717) is 0 Å². The van der Waals surface area contributed by atoms with E-state index in [1.165, 1.54) is 0 Å². The minimum atomic E-state index is 0.152. The largest absolute Gasteiger partial charge is 0.271 e. The Bertz CT molecular complexity index is 246. The average molecular weight is 185 g/mol. The van der Waals surface area contributed by atoms with Crippen LogP contribution >= 0.6 is 11.6 Å². The van der Waals surface area contributed by atoms with E-state index in [4.69, 9.17) is 17.4 Å². The Balaban J connectivity index is 2.92. The topological polar surface area (TPSA) is 38.0 Å². The van der Waals surface area contributed by atoms with Crippen LogP contribution in [0.1, 0.15) is 24.9 Å². The van der Waals surface area contributed by atoms with Crippen molar-refractivity contribution < 1.29 is 0 Å². The summed E-state index contributed by atoms with van der Waals surface area (Å²) in [6.45, 7) is 2.06. The maximum atomic E-state index is 5.98. The number of nitrogens with one attached hydrogen (secondary N) is 1. The molecule has 0 amide bonds. The van der Waals surface area contributed by atoms with Gasteiger partial charge in [0, 0.05) is 11.1 Å². The predicted molar refractivity (Wildman–Crippen MR) is 51.8 cm³/mol. The zero-order valence-corrected chi connectivity index (χ0v) is 7.81.